The van der Waals surface area contributed by atoms with Crippen LogP contribution in [0.2, 0.25) is 0 Å². The molecule has 0 aliphatic carbocycles. The van der Waals surface area contributed by atoms with E-state index in [0.29, 0.717) is 40.1 Å². The molecule has 9 nitrogen and oxygen atoms in total. The van der Waals surface area contributed by atoms with Gasteiger partial charge in [-0.3, -0.25) is 5.10 Å². The van der Waals surface area contributed by atoms with Gasteiger partial charge in [0, 0.05) is 56.2 Å². The summed E-state index contributed by atoms with van der Waals surface area (Å²) < 4.78 is 15.7. The van der Waals surface area contributed by atoms with Gasteiger partial charge in [0.05, 0.1) is 16.6 Å². The number of rotatable bonds is 3. The molecule has 2 aliphatic rings. The summed E-state index contributed by atoms with van der Waals surface area (Å²) in [7, 11) is 2.14. The summed E-state index contributed by atoms with van der Waals surface area (Å²) in [5.74, 6) is 0.851. The van der Waals surface area contributed by atoms with Crippen LogP contribution >= 0.6 is 0 Å². The van der Waals surface area contributed by atoms with Gasteiger partial charge in [-0.2, -0.15) is 5.10 Å². The first-order valence-corrected chi connectivity index (χ1v) is 11.3. The Kier molecular flexibility index (Phi) is 5.06. The van der Waals surface area contributed by atoms with E-state index in [1.807, 2.05) is 6.07 Å². The Morgan fingerprint density at radius 1 is 1.06 bits per heavy atom. The number of fused-ring (bicyclic) bond motifs is 2. The highest BCUT2D eigenvalue weighted by atomic mass is 19.1. The Morgan fingerprint density at radius 3 is 2.71 bits per heavy atom. The van der Waals surface area contributed by atoms with Gasteiger partial charge in [0.1, 0.15) is 23.5 Å². The lowest BCUT2D eigenvalue weighted by molar-refractivity contribution is 0.207. The summed E-state index contributed by atoms with van der Waals surface area (Å²) in [5, 5.41) is 11.1. The highest BCUT2D eigenvalue weighted by molar-refractivity contribution is 5.95. The minimum Gasteiger partial charge on any atom is -0.367 e. The third-order valence-corrected chi connectivity index (χ3v) is 6.34. The average Bonchev–Trinajstić information content (AvgIpc) is 3.46. The molecule has 6 rings (SSSR count). The molecule has 0 bridgehead atoms. The highest BCUT2D eigenvalue weighted by Gasteiger charge is 2.25. The Bertz CT molecular complexity index is 1390. The van der Waals surface area contributed by atoms with Gasteiger partial charge >= 0.3 is 0 Å². The van der Waals surface area contributed by atoms with Gasteiger partial charge < -0.3 is 20.1 Å². The second-order valence-corrected chi connectivity index (χ2v) is 8.51. The third-order valence-electron chi connectivity index (χ3n) is 6.34. The minimum absolute atomic E-state index is 0.381. The number of aromatic amines is 2. The zero-order chi connectivity index (χ0) is 23.1. The van der Waals surface area contributed by atoms with E-state index in [9.17, 15) is 0 Å². The molecule has 0 spiro atoms. The number of nitrogens with one attached hydrogen (secondary N) is 3. The van der Waals surface area contributed by atoms with Crippen molar-refractivity contribution >= 4 is 22.4 Å². The molecular weight excluding hydrogens is 433 g/mol. The molecule has 1 aromatic carbocycles. The summed E-state index contributed by atoms with van der Waals surface area (Å²) in [6, 6.07) is 3.52. The number of benzene rings is 1. The quantitative estimate of drug-likeness (QED) is 0.434. The molecule has 3 N–H and O–H groups in total. The number of anilines is 1. The number of imidazole rings is 1. The molecule has 10 heteroatoms. The lowest BCUT2D eigenvalue weighted by atomic mass is 10.0. The SMILES string of the molecule is CN1CCN(/C2=C/C=C\CNc3nc(-c4n[nH]c5ccc(-c6cncnc6)c(F)c45)[nH]c32)CC1. The van der Waals surface area contributed by atoms with E-state index in [1.165, 1.54) is 6.33 Å². The van der Waals surface area contributed by atoms with E-state index in [0.717, 1.165) is 43.4 Å². The number of hydrogen-bond donors (Lipinski definition) is 3. The molecule has 3 aromatic heterocycles. The van der Waals surface area contributed by atoms with Crippen LogP contribution in [0.4, 0.5) is 10.2 Å². The summed E-state index contributed by atoms with van der Waals surface area (Å²) in [6.45, 7) is 4.48. The largest absolute Gasteiger partial charge is 0.367 e. The van der Waals surface area contributed by atoms with E-state index < -0.39 is 0 Å². The van der Waals surface area contributed by atoms with Crippen molar-refractivity contribution < 1.29 is 4.39 Å². The maximum atomic E-state index is 15.7. The van der Waals surface area contributed by atoms with Gasteiger partial charge in [-0.15, -0.1) is 0 Å². The molecular formula is C24H24FN9. The van der Waals surface area contributed by atoms with Crippen LogP contribution in [0, 0.1) is 5.82 Å². The molecule has 0 saturated carbocycles. The maximum absolute atomic E-state index is 15.7. The molecule has 34 heavy (non-hydrogen) atoms. The number of nitrogens with zero attached hydrogens (tertiary/aromatic N) is 6. The van der Waals surface area contributed by atoms with E-state index in [1.54, 1.807) is 18.5 Å². The summed E-state index contributed by atoms with van der Waals surface area (Å²) in [5.41, 5.74) is 4.00. The second kappa shape index (κ2) is 8.38. The fourth-order valence-electron chi connectivity index (χ4n) is 4.48. The summed E-state index contributed by atoms with van der Waals surface area (Å²) in [4.78, 5) is 21.0. The summed E-state index contributed by atoms with van der Waals surface area (Å²) in [6.07, 6.45) is 10.9. The van der Waals surface area contributed by atoms with Gasteiger partial charge in [0.15, 0.2) is 11.6 Å². The van der Waals surface area contributed by atoms with Gasteiger partial charge in [-0.1, -0.05) is 12.2 Å². The van der Waals surface area contributed by atoms with Crippen LogP contribution in [-0.4, -0.2) is 79.7 Å². The van der Waals surface area contributed by atoms with Crippen LogP contribution in [0.1, 0.15) is 5.69 Å². The Balaban J connectivity index is 1.45. The lowest BCUT2D eigenvalue weighted by Gasteiger charge is -2.35. The van der Waals surface area contributed by atoms with Crippen LogP contribution in [0.3, 0.4) is 0 Å². The zero-order valence-electron chi connectivity index (χ0n) is 18.7. The number of likely N-dealkylation sites (N-methyl/N-ethyl adjacent to an activating group) is 1. The fraction of sp³-hybridized carbons (Fsp3) is 0.250. The molecule has 0 amide bonds. The Hall–Kier alpha value is -4.05. The molecule has 5 heterocycles. The second-order valence-electron chi connectivity index (χ2n) is 8.51. The average molecular weight is 458 g/mol. The first-order chi connectivity index (χ1) is 16.7. The number of H-pyrrole nitrogens is 2. The molecule has 1 fully saturated rings. The van der Waals surface area contributed by atoms with Gasteiger partial charge in [-0.25, -0.2) is 19.3 Å². The number of allylic oxidation sites excluding steroid dienone is 2. The Labute approximate surface area is 195 Å². The number of aromatic nitrogens is 6. The van der Waals surface area contributed by atoms with Crippen molar-refractivity contribution in [2.45, 2.75) is 0 Å². The number of hydrogen-bond acceptors (Lipinski definition) is 7. The highest BCUT2D eigenvalue weighted by Crippen LogP contribution is 2.35. The van der Waals surface area contributed by atoms with Crippen LogP contribution < -0.4 is 5.32 Å². The first kappa shape index (κ1) is 20.5. The summed E-state index contributed by atoms with van der Waals surface area (Å²) >= 11 is 0. The van der Waals surface area contributed by atoms with E-state index >= 15 is 4.39 Å². The molecule has 1 saturated heterocycles. The molecule has 2 aliphatic heterocycles. The van der Waals surface area contributed by atoms with Gasteiger partial charge in [0.2, 0.25) is 0 Å². The predicted molar refractivity (Wildman–Crippen MR) is 129 cm³/mol. The monoisotopic (exact) mass is 457 g/mol. The minimum atomic E-state index is -0.385. The van der Waals surface area contributed by atoms with E-state index in [-0.39, 0.29) is 5.82 Å². The van der Waals surface area contributed by atoms with Crippen molar-refractivity contribution in [3.63, 3.8) is 0 Å². The first-order valence-electron chi connectivity index (χ1n) is 11.3. The molecule has 0 unspecified atom stereocenters. The fourth-order valence-corrected chi connectivity index (χ4v) is 4.48. The van der Waals surface area contributed by atoms with Crippen molar-refractivity contribution in [2.75, 3.05) is 45.1 Å². The van der Waals surface area contributed by atoms with Crippen molar-refractivity contribution in [1.82, 2.24) is 39.9 Å². The molecule has 0 radical (unpaired) electrons. The van der Waals surface area contributed by atoms with Crippen molar-refractivity contribution in [2.24, 2.45) is 0 Å². The van der Waals surface area contributed by atoms with Crippen LogP contribution in [0.15, 0.2) is 49.1 Å². The third kappa shape index (κ3) is 3.52. The molecule has 172 valence electrons. The van der Waals surface area contributed by atoms with Crippen LogP contribution in [0.25, 0.3) is 39.2 Å². The normalized spacial score (nSPS) is 19.1. The van der Waals surface area contributed by atoms with Gasteiger partial charge in [0.25, 0.3) is 0 Å². The van der Waals surface area contributed by atoms with E-state index in [4.69, 9.17) is 4.98 Å². The maximum Gasteiger partial charge on any atom is 0.161 e. The standard InChI is InChI=1S/C24H24FN9/c1-33-8-10-34(11-9-33)18-4-2-3-7-28-23-21(18)29-24(30-23)22-19-17(31-32-22)6-5-16(20(19)25)15-12-26-14-27-13-15/h2-6,12-14,28H,7-11H2,1H3,(H,29,30)(H,31,32)/b3-2-,18-4+. The molecule has 4 aromatic rings. The van der Waals surface area contributed by atoms with E-state index in [2.05, 4.69) is 65.5 Å². The van der Waals surface area contributed by atoms with Crippen LogP contribution in [0.5, 0.6) is 0 Å². The predicted octanol–water partition coefficient (Wildman–Crippen LogP) is 3.12. The topological polar surface area (TPSA) is 102 Å². The van der Waals surface area contributed by atoms with Crippen LogP contribution in [-0.2, 0) is 0 Å². The lowest BCUT2D eigenvalue weighted by Crippen LogP contribution is -2.43. The smallest absolute Gasteiger partial charge is 0.161 e. The van der Waals surface area contributed by atoms with Crippen molar-refractivity contribution in [1.29, 1.82) is 0 Å². The van der Waals surface area contributed by atoms with Crippen molar-refractivity contribution in [3.8, 4) is 22.6 Å². The zero-order valence-corrected chi connectivity index (χ0v) is 18.7. The Morgan fingerprint density at radius 2 is 1.88 bits per heavy atom. The number of halogens is 1. The number of piperazine rings is 1. The van der Waals surface area contributed by atoms with Gasteiger partial charge in [-0.05, 0) is 25.3 Å². The molecule has 0 atom stereocenters. The van der Waals surface area contributed by atoms with Crippen molar-refractivity contribution in [3.05, 3.63) is 60.6 Å².